The zero-order chi connectivity index (χ0) is 47.2. The van der Waals surface area contributed by atoms with Crippen LogP contribution in [0.3, 0.4) is 0 Å². The van der Waals surface area contributed by atoms with Crippen LogP contribution in [0.1, 0.15) is 112 Å². The molecule has 15 nitrogen and oxygen atoms in total. The molecule has 6 fully saturated rings. The molecule has 5 aliphatic carbocycles. The van der Waals surface area contributed by atoms with E-state index in [1.165, 1.54) is 18.2 Å². The first-order chi connectivity index (χ1) is 30.4. The number of allylic oxidation sites excluding steroid dienone is 2. The lowest BCUT2D eigenvalue weighted by Crippen LogP contribution is -2.68. The van der Waals surface area contributed by atoms with Gasteiger partial charge in [-0.3, -0.25) is 4.79 Å². The van der Waals surface area contributed by atoms with Crippen molar-refractivity contribution < 1.29 is 74.1 Å². The number of aliphatic hydroxyl groups excluding tert-OH is 7. The van der Waals surface area contributed by atoms with Crippen LogP contribution in [0.25, 0.3) is 6.08 Å². The van der Waals surface area contributed by atoms with Crippen LogP contribution in [-0.4, -0.2) is 134 Å². The number of phenolic OH excluding ortho intramolecular Hbond substituents is 1. The first-order valence-electron chi connectivity index (χ1n) is 23.6. The maximum Gasteiger partial charge on any atom is 0.331 e. The Morgan fingerprint density at radius 2 is 1.49 bits per heavy atom. The lowest BCUT2D eigenvalue weighted by Gasteiger charge is -2.71. The first kappa shape index (κ1) is 48.5. The number of phenols is 1. The number of fused-ring (bicyclic) bond motifs is 7. The Morgan fingerprint density at radius 3 is 2.18 bits per heavy atom. The maximum absolute atomic E-state index is 15.3. The van der Waals surface area contributed by atoms with Crippen molar-refractivity contribution in [3.05, 3.63) is 47.6 Å². The van der Waals surface area contributed by atoms with Crippen LogP contribution in [0.5, 0.6) is 5.75 Å². The first-order valence-corrected chi connectivity index (χ1v) is 23.6. The summed E-state index contributed by atoms with van der Waals surface area (Å²) >= 11 is 0. The van der Waals surface area contributed by atoms with E-state index in [1.54, 1.807) is 12.1 Å². The summed E-state index contributed by atoms with van der Waals surface area (Å²) in [4.78, 5) is 28.9. The number of hydrogen-bond acceptors (Lipinski definition) is 15. The number of aromatic hydroxyl groups is 1. The number of esters is 2. The molecule has 1 aromatic carbocycles. The van der Waals surface area contributed by atoms with Crippen LogP contribution < -0.4 is 0 Å². The average Bonchev–Trinajstić information content (AvgIpc) is 3.24. The molecule has 1 aromatic rings. The third-order valence-electron chi connectivity index (χ3n) is 18.4. The summed E-state index contributed by atoms with van der Waals surface area (Å²) in [6.07, 6.45) is -5.45. The fourth-order valence-corrected chi connectivity index (χ4v) is 14.3. The summed E-state index contributed by atoms with van der Waals surface area (Å²) in [6.45, 7) is 14.7. The molecule has 0 bridgehead atoms. The average molecular weight is 913 g/mol. The number of rotatable bonds is 8. The van der Waals surface area contributed by atoms with Gasteiger partial charge in [0.25, 0.3) is 0 Å². The van der Waals surface area contributed by atoms with Crippen LogP contribution in [0.15, 0.2) is 42.0 Å². The second-order valence-electron chi connectivity index (χ2n) is 22.7. The fourth-order valence-electron chi connectivity index (χ4n) is 14.3. The number of carbonyl (C=O) groups excluding carboxylic acids is 2. The number of benzene rings is 1. The molecule has 0 spiro atoms. The predicted octanol–water partition coefficient (Wildman–Crippen LogP) is 3.90. The van der Waals surface area contributed by atoms with Gasteiger partial charge >= 0.3 is 11.9 Å². The molecule has 2 heterocycles. The van der Waals surface area contributed by atoms with Gasteiger partial charge in [0.05, 0.1) is 25.4 Å². The predicted molar refractivity (Wildman–Crippen MR) is 234 cm³/mol. The summed E-state index contributed by atoms with van der Waals surface area (Å²) in [5, 5.41) is 86.8. The van der Waals surface area contributed by atoms with E-state index in [2.05, 4.69) is 54.5 Å². The van der Waals surface area contributed by atoms with Crippen LogP contribution in [0, 0.1) is 50.2 Å². The third-order valence-corrected chi connectivity index (χ3v) is 18.4. The monoisotopic (exact) mass is 912 g/mol. The standard InChI is InChI=1S/C50H72O15/c1-45(2)20-21-50(29(22-45)28-13-14-33-47(5)18-17-34(54)46(3,4)32(47)16-19-48(33,6)49(28,7)23-35(50)55)44(60)65-43-41(63-36(56)15-10-26-8-11-27(52)12-9-26)40(30(53)25-61-43)64-42-39(59)38(58)37(57)31(24-51)62-42/h8-13,15,29-35,37-43,51-55,57-59H,14,16-25H2,1-7H3. The molecule has 0 aromatic heterocycles. The van der Waals surface area contributed by atoms with Gasteiger partial charge in [0.2, 0.25) is 6.29 Å². The molecule has 18 unspecified atom stereocenters. The minimum Gasteiger partial charge on any atom is -0.508 e. The zero-order valence-corrected chi connectivity index (χ0v) is 38.8. The maximum atomic E-state index is 15.3. The summed E-state index contributed by atoms with van der Waals surface area (Å²) in [6, 6.07) is 6.01. The smallest absolute Gasteiger partial charge is 0.331 e. The normalized spacial score (nSPS) is 46.7. The lowest BCUT2D eigenvalue weighted by atomic mass is 9.33. The van der Waals surface area contributed by atoms with Crippen LogP contribution in [0.4, 0.5) is 0 Å². The van der Waals surface area contributed by atoms with E-state index < -0.39 is 103 Å². The van der Waals surface area contributed by atoms with Crippen molar-refractivity contribution in [1.82, 2.24) is 0 Å². The molecule has 7 aliphatic rings. The van der Waals surface area contributed by atoms with Gasteiger partial charge in [0, 0.05) is 6.08 Å². The Balaban J connectivity index is 1.12. The molecule has 18 atom stereocenters. The van der Waals surface area contributed by atoms with Gasteiger partial charge in [0.15, 0.2) is 12.4 Å². The van der Waals surface area contributed by atoms with Gasteiger partial charge in [-0.05, 0) is 126 Å². The molecule has 0 radical (unpaired) electrons. The quantitative estimate of drug-likeness (QED) is 0.105. The van der Waals surface area contributed by atoms with Crippen molar-refractivity contribution in [2.24, 2.45) is 50.2 Å². The molecular formula is C50H72O15. The second-order valence-corrected chi connectivity index (χ2v) is 22.7. The second kappa shape index (κ2) is 17.2. The molecular weight excluding hydrogens is 841 g/mol. The Hall–Kier alpha value is -2.96. The van der Waals surface area contributed by atoms with Crippen molar-refractivity contribution in [3.8, 4) is 5.75 Å². The topological polar surface area (TPSA) is 242 Å². The Labute approximate surface area is 381 Å². The molecule has 0 amide bonds. The SMILES string of the molecule is CC1(C)CCC2(C(=O)OC3OCC(O)C(OC4OC(CO)C(O)C(O)C4O)C3OC(=O)C=Cc3ccc(O)cc3)C(O)CC3(C)C(=CCC4C5(C)CCC(O)C(C)(C)C5CCC43C)C2C1. The van der Waals surface area contributed by atoms with Crippen molar-refractivity contribution in [3.63, 3.8) is 0 Å². The van der Waals surface area contributed by atoms with Crippen LogP contribution in [-0.2, 0) is 33.3 Å². The molecule has 362 valence electrons. The summed E-state index contributed by atoms with van der Waals surface area (Å²) in [5.41, 5.74) is -0.849. The van der Waals surface area contributed by atoms with E-state index in [-0.39, 0.29) is 33.5 Å². The molecule has 4 saturated carbocycles. The Bertz CT molecular complexity index is 2000. The van der Waals surface area contributed by atoms with Gasteiger partial charge in [-0.25, -0.2) is 4.79 Å². The van der Waals surface area contributed by atoms with Crippen molar-refractivity contribution in [2.45, 2.75) is 174 Å². The number of ether oxygens (including phenoxy) is 5. The van der Waals surface area contributed by atoms with E-state index in [0.29, 0.717) is 43.1 Å². The highest BCUT2D eigenvalue weighted by molar-refractivity contribution is 5.87. The van der Waals surface area contributed by atoms with E-state index in [0.717, 1.165) is 43.8 Å². The summed E-state index contributed by atoms with van der Waals surface area (Å²) in [7, 11) is 0. The highest BCUT2D eigenvalue weighted by Crippen LogP contribution is 2.76. The summed E-state index contributed by atoms with van der Waals surface area (Å²) < 4.78 is 29.8. The molecule has 2 aliphatic heterocycles. The minimum atomic E-state index is -1.87. The highest BCUT2D eigenvalue weighted by atomic mass is 16.8. The van der Waals surface area contributed by atoms with Gasteiger partial charge in [-0.1, -0.05) is 72.2 Å². The van der Waals surface area contributed by atoms with E-state index >= 15 is 4.79 Å². The third kappa shape index (κ3) is 7.91. The van der Waals surface area contributed by atoms with E-state index in [9.17, 15) is 45.6 Å². The Morgan fingerprint density at radius 1 is 0.785 bits per heavy atom. The van der Waals surface area contributed by atoms with Gasteiger partial charge in [-0.15, -0.1) is 0 Å². The number of carbonyl (C=O) groups is 2. The number of hydrogen-bond donors (Lipinski definition) is 8. The molecule has 2 saturated heterocycles. The Kier molecular flexibility index (Phi) is 12.8. The summed E-state index contributed by atoms with van der Waals surface area (Å²) in [5.74, 6) is -1.46. The van der Waals surface area contributed by atoms with Crippen molar-refractivity contribution in [1.29, 1.82) is 0 Å². The van der Waals surface area contributed by atoms with Gasteiger partial charge < -0.3 is 64.5 Å². The highest BCUT2D eigenvalue weighted by Gasteiger charge is 2.72. The van der Waals surface area contributed by atoms with E-state index in [1.807, 2.05) is 0 Å². The molecule has 15 heteroatoms. The van der Waals surface area contributed by atoms with Gasteiger partial charge in [-0.2, -0.15) is 0 Å². The fraction of sp³-hybridized carbons (Fsp3) is 0.760. The zero-order valence-electron chi connectivity index (χ0n) is 38.8. The molecule has 8 rings (SSSR count). The van der Waals surface area contributed by atoms with Gasteiger partial charge in [0.1, 0.15) is 47.8 Å². The molecule has 65 heavy (non-hydrogen) atoms. The largest absolute Gasteiger partial charge is 0.508 e. The minimum absolute atomic E-state index is 0.0246. The van der Waals surface area contributed by atoms with Crippen molar-refractivity contribution in [2.75, 3.05) is 13.2 Å². The lowest BCUT2D eigenvalue weighted by molar-refractivity contribution is -0.347. The van der Waals surface area contributed by atoms with Crippen LogP contribution in [0.2, 0.25) is 0 Å². The van der Waals surface area contributed by atoms with Crippen LogP contribution >= 0.6 is 0 Å². The number of aliphatic hydroxyl groups is 7. The van der Waals surface area contributed by atoms with E-state index in [4.69, 9.17) is 23.7 Å². The molecule has 8 N–H and O–H groups in total. The van der Waals surface area contributed by atoms with Crippen molar-refractivity contribution >= 4 is 18.0 Å².